The van der Waals surface area contributed by atoms with Crippen LogP contribution in [0.1, 0.15) is 11.1 Å². The average molecular weight is 329 g/mol. The fourth-order valence-corrected chi connectivity index (χ4v) is 2.21. The molecule has 0 atom stereocenters. The Morgan fingerprint density at radius 2 is 2.06 bits per heavy atom. The second-order valence-corrected chi connectivity index (χ2v) is 5.32. The van der Waals surface area contributed by atoms with Gasteiger partial charge in [-0.15, -0.1) is 0 Å². The third-order valence-corrected chi connectivity index (χ3v) is 3.62. The van der Waals surface area contributed by atoms with Crippen molar-refractivity contribution in [2.24, 2.45) is 0 Å². The topological polar surface area (TPSA) is 12.0 Å². The molecule has 0 unspecified atom stereocenters. The Hall–Kier alpha value is -1.06. The summed E-state index contributed by atoms with van der Waals surface area (Å²) in [5, 5.41) is 3.44. The van der Waals surface area contributed by atoms with E-state index in [1.165, 1.54) is 6.07 Å². The molecule has 94 valence electrons. The first-order chi connectivity index (χ1) is 8.58. The standard InChI is InChI=1S/C14H12BrClFN/c1-9-5-6-11(15)7-13(9)18-8-10-3-2-4-12(17)14(10)16/h2-7,18H,8H2,1H3. The van der Waals surface area contributed by atoms with E-state index in [-0.39, 0.29) is 10.8 Å². The minimum absolute atomic E-state index is 0.178. The summed E-state index contributed by atoms with van der Waals surface area (Å²) in [6.45, 7) is 2.51. The summed E-state index contributed by atoms with van der Waals surface area (Å²) in [7, 11) is 0. The van der Waals surface area contributed by atoms with Crippen molar-refractivity contribution in [3.63, 3.8) is 0 Å². The van der Waals surface area contributed by atoms with Crippen LogP contribution in [0.5, 0.6) is 0 Å². The molecule has 0 saturated carbocycles. The summed E-state index contributed by atoms with van der Waals surface area (Å²) in [6, 6.07) is 10.8. The van der Waals surface area contributed by atoms with Gasteiger partial charge in [-0.1, -0.05) is 45.7 Å². The lowest BCUT2D eigenvalue weighted by molar-refractivity contribution is 0.626. The molecular weight excluding hydrogens is 317 g/mol. The monoisotopic (exact) mass is 327 g/mol. The van der Waals surface area contributed by atoms with E-state index in [1.807, 2.05) is 31.2 Å². The van der Waals surface area contributed by atoms with E-state index in [0.29, 0.717) is 6.54 Å². The van der Waals surface area contributed by atoms with Crippen molar-refractivity contribution in [3.05, 3.63) is 62.8 Å². The Morgan fingerprint density at radius 1 is 1.28 bits per heavy atom. The van der Waals surface area contributed by atoms with Gasteiger partial charge in [-0.05, 0) is 36.2 Å². The predicted octanol–water partition coefficient (Wildman–Crippen LogP) is 5.16. The van der Waals surface area contributed by atoms with Crippen LogP contribution >= 0.6 is 27.5 Å². The normalized spacial score (nSPS) is 10.4. The number of benzene rings is 2. The summed E-state index contributed by atoms with van der Waals surface area (Å²) in [4.78, 5) is 0. The highest BCUT2D eigenvalue weighted by Crippen LogP contribution is 2.24. The van der Waals surface area contributed by atoms with Crippen LogP contribution in [-0.4, -0.2) is 0 Å². The Bertz CT molecular complexity index is 570. The highest BCUT2D eigenvalue weighted by Gasteiger charge is 2.06. The lowest BCUT2D eigenvalue weighted by Gasteiger charge is -2.11. The SMILES string of the molecule is Cc1ccc(Br)cc1NCc1cccc(F)c1Cl. The molecule has 0 aliphatic rings. The number of hydrogen-bond acceptors (Lipinski definition) is 1. The third kappa shape index (κ3) is 3.03. The van der Waals surface area contributed by atoms with Gasteiger partial charge in [0.05, 0.1) is 5.02 Å². The third-order valence-electron chi connectivity index (χ3n) is 2.70. The number of halogens is 3. The first kappa shape index (κ1) is 13.4. The molecule has 1 nitrogen and oxygen atoms in total. The molecule has 0 spiro atoms. The zero-order valence-electron chi connectivity index (χ0n) is 9.81. The van der Waals surface area contributed by atoms with Crippen molar-refractivity contribution in [2.75, 3.05) is 5.32 Å². The van der Waals surface area contributed by atoms with Crippen molar-refractivity contribution in [3.8, 4) is 0 Å². The van der Waals surface area contributed by atoms with Crippen molar-refractivity contribution >= 4 is 33.2 Å². The summed E-state index contributed by atoms with van der Waals surface area (Å²) < 4.78 is 14.3. The number of anilines is 1. The van der Waals surface area contributed by atoms with E-state index in [0.717, 1.165) is 21.3 Å². The van der Waals surface area contributed by atoms with E-state index < -0.39 is 0 Å². The summed E-state index contributed by atoms with van der Waals surface area (Å²) >= 11 is 9.33. The van der Waals surface area contributed by atoms with E-state index in [4.69, 9.17) is 11.6 Å². The molecule has 0 radical (unpaired) electrons. The van der Waals surface area contributed by atoms with Gasteiger partial charge in [0, 0.05) is 16.7 Å². The van der Waals surface area contributed by atoms with E-state index >= 15 is 0 Å². The van der Waals surface area contributed by atoms with Crippen LogP contribution in [-0.2, 0) is 6.54 Å². The van der Waals surface area contributed by atoms with Crippen molar-refractivity contribution in [2.45, 2.75) is 13.5 Å². The van der Waals surface area contributed by atoms with Crippen LogP contribution in [0.4, 0.5) is 10.1 Å². The van der Waals surface area contributed by atoms with E-state index in [9.17, 15) is 4.39 Å². The molecule has 0 heterocycles. The van der Waals surface area contributed by atoms with Crippen LogP contribution in [0.2, 0.25) is 5.02 Å². The van der Waals surface area contributed by atoms with Gasteiger partial charge in [0.1, 0.15) is 5.82 Å². The number of aryl methyl sites for hydroxylation is 1. The summed E-state index contributed by atoms with van der Waals surface area (Å²) in [5.41, 5.74) is 2.88. The first-order valence-electron chi connectivity index (χ1n) is 5.51. The quantitative estimate of drug-likeness (QED) is 0.820. The van der Waals surface area contributed by atoms with E-state index in [2.05, 4.69) is 21.2 Å². The second kappa shape index (κ2) is 5.72. The van der Waals surface area contributed by atoms with Gasteiger partial charge in [-0.3, -0.25) is 0 Å². The first-order valence-corrected chi connectivity index (χ1v) is 6.68. The minimum Gasteiger partial charge on any atom is -0.381 e. The fourth-order valence-electron chi connectivity index (χ4n) is 1.66. The molecule has 0 bridgehead atoms. The zero-order valence-corrected chi connectivity index (χ0v) is 12.1. The van der Waals surface area contributed by atoms with Crippen LogP contribution < -0.4 is 5.32 Å². The highest BCUT2D eigenvalue weighted by atomic mass is 79.9. The van der Waals surface area contributed by atoms with Gasteiger partial charge >= 0.3 is 0 Å². The molecule has 18 heavy (non-hydrogen) atoms. The van der Waals surface area contributed by atoms with Crippen LogP contribution in [0.15, 0.2) is 40.9 Å². The molecule has 2 aromatic carbocycles. The largest absolute Gasteiger partial charge is 0.381 e. The minimum atomic E-state index is -0.387. The highest BCUT2D eigenvalue weighted by molar-refractivity contribution is 9.10. The summed E-state index contributed by atoms with van der Waals surface area (Å²) in [6.07, 6.45) is 0. The smallest absolute Gasteiger partial charge is 0.142 e. The van der Waals surface area contributed by atoms with Crippen molar-refractivity contribution in [1.82, 2.24) is 0 Å². The Kier molecular flexibility index (Phi) is 4.25. The maximum atomic E-state index is 13.3. The second-order valence-electron chi connectivity index (χ2n) is 4.03. The molecule has 0 aliphatic heterocycles. The number of hydrogen-bond donors (Lipinski definition) is 1. The maximum absolute atomic E-state index is 13.3. The van der Waals surface area contributed by atoms with Gasteiger partial charge < -0.3 is 5.32 Å². The predicted molar refractivity (Wildman–Crippen MR) is 77.6 cm³/mol. The Morgan fingerprint density at radius 3 is 2.83 bits per heavy atom. The Labute approximate surface area is 119 Å². The molecule has 0 aliphatic carbocycles. The van der Waals surface area contributed by atoms with Gasteiger partial charge in [-0.25, -0.2) is 4.39 Å². The molecule has 4 heteroatoms. The lowest BCUT2D eigenvalue weighted by atomic mass is 10.1. The molecular formula is C14H12BrClFN. The van der Waals surface area contributed by atoms with Crippen LogP contribution in [0.3, 0.4) is 0 Å². The average Bonchev–Trinajstić information content (AvgIpc) is 2.35. The molecule has 0 fully saturated rings. The van der Waals surface area contributed by atoms with Gasteiger partial charge in [0.2, 0.25) is 0 Å². The molecule has 2 aromatic rings. The molecule has 0 amide bonds. The summed E-state index contributed by atoms with van der Waals surface area (Å²) in [5.74, 6) is -0.387. The van der Waals surface area contributed by atoms with Gasteiger partial charge in [0.25, 0.3) is 0 Å². The Balaban J connectivity index is 2.16. The molecule has 0 saturated heterocycles. The van der Waals surface area contributed by atoms with Crippen molar-refractivity contribution in [1.29, 1.82) is 0 Å². The number of rotatable bonds is 3. The van der Waals surface area contributed by atoms with E-state index in [1.54, 1.807) is 6.07 Å². The fraction of sp³-hybridized carbons (Fsp3) is 0.143. The van der Waals surface area contributed by atoms with Crippen LogP contribution in [0.25, 0.3) is 0 Å². The van der Waals surface area contributed by atoms with Crippen LogP contribution in [0, 0.1) is 12.7 Å². The molecule has 2 rings (SSSR count). The molecule has 1 N–H and O–H groups in total. The van der Waals surface area contributed by atoms with Gasteiger partial charge in [-0.2, -0.15) is 0 Å². The number of nitrogens with one attached hydrogen (secondary N) is 1. The van der Waals surface area contributed by atoms with Crippen molar-refractivity contribution < 1.29 is 4.39 Å². The lowest BCUT2D eigenvalue weighted by Crippen LogP contribution is -2.02. The van der Waals surface area contributed by atoms with Gasteiger partial charge in [0.15, 0.2) is 0 Å². The maximum Gasteiger partial charge on any atom is 0.142 e. The molecule has 0 aromatic heterocycles. The zero-order chi connectivity index (χ0) is 13.1.